The van der Waals surface area contributed by atoms with Gasteiger partial charge >= 0.3 is 0 Å². The van der Waals surface area contributed by atoms with E-state index in [1.807, 2.05) is 0 Å². The minimum atomic E-state index is 1.25. The fourth-order valence-electron chi connectivity index (χ4n) is 3.35. The van der Waals surface area contributed by atoms with E-state index >= 15 is 0 Å². The molecule has 4 aromatic carbocycles. The van der Waals surface area contributed by atoms with Crippen molar-refractivity contribution in [2.45, 2.75) is 0 Å². The molecule has 0 saturated carbocycles. The second-order valence-electron chi connectivity index (χ2n) is 6.31. The molecule has 118 valence electrons. The summed E-state index contributed by atoms with van der Waals surface area (Å²) in [6.07, 6.45) is 0. The van der Waals surface area contributed by atoms with Gasteiger partial charge in [-0.05, 0) is 39.4 Å². The largest absolute Gasteiger partial charge is 0.140 e. The average Bonchev–Trinajstić information content (AvgIpc) is 2.70. The summed E-state index contributed by atoms with van der Waals surface area (Å²) >= 11 is 0. The Morgan fingerprint density at radius 2 is 0.760 bits per heavy atom. The van der Waals surface area contributed by atoms with Crippen LogP contribution in [0.1, 0.15) is 0 Å². The van der Waals surface area contributed by atoms with Gasteiger partial charge in [-0.3, -0.25) is 0 Å². The molecular weight excluding hydrogens is 299 g/mol. The lowest BCUT2D eigenvalue weighted by atomic mass is 9.81. The van der Waals surface area contributed by atoms with Crippen LogP contribution in [0.25, 0.3) is 33.4 Å². The van der Waals surface area contributed by atoms with E-state index in [9.17, 15) is 0 Å². The lowest BCUT2D eigenvalue weighted by Crippen LogP contribution is -2.08. The second-order valence-corrected chi connectivity index (χ2v) is 6.31. The van der Waals surface area contributed by atoms with E-state index in [0.717, 1.165) is 0 Å². The molecule has 25 heavy (non-hydrogen) atoms. The monoisotopic (exact) mass is 318 g/mol. The summed E-state index contributed by atoms with van der Waals surface area (Å²) in [5.41, 5.74) is 8.91. The first kappa shape index (κ1) is 15.5. The van der Waals surface area contributed by atoms with Crippen LogP contribution >= 0.6 is 0 Å². The first-order chi connectivity index (χ1) is 12.3. The topological polar surface area (TPSA) is 0 Å². The standard InChI is InChI=1S/C24H19B/c25-24-17-22(19-12-6-2-7-13-19)21(18-10-4-1-5-11-18)16-23(24)20-14-8-3-9-15-20/h1-17H,25H2. The van der Waals surface area contributed by atoms with Crippen molar-refractivity contribution in [1.82, 2.24) is 0 Å². The number of hydrogen-bond acceptors (Lipinski definition) is 0. The molecule has 0 aliphatic heterocycles. The first-order valence-corrected chi connectivity index (χ1v) is 8.64. The van der Waals surface area contributed by atoms with Crippen LogP contribution < -0.4 is 5.46 Å². The maximum absolute atomic E-state index is 2.34. The Bertz CT molecular complexity index is 974. The number of rotatable bonds is 3. The lowest BCUT2D eigenvalue weighted by molar-refractivity contribution is 1.58. The molecule has 1 heteroatoms. The molecule has 4 rings (SSSR count). The van der Waals surface area contributed by atoms with Crippen LogP contribution in [0.5, 0.6) is 0 Å². The van der Waals surface area contributed by atoms with Crippen molar-refractivity contribution in [2.24, 2.45) is 0 Å². The molecular formula is C24H19B. The third-order valence-electron chi connectivity index (χ3n) is 4.62. The molecule has 0 fully saturated rings. The van der Waals surface area contributed by atoms with Crippen LogP contribution in [0.4, 0.5) is 0 Å². The second kappa shape index (κ2) is 6.82. The molecule has 0 bridgehead atoms. The predicted octanol–water partition coefficient (Wildman–Crippen LogP) is 4.95. The van der Waals surface area contributed by atoms with Crippen LogP contribution in [-0.4, -0.2) is 7.85 Å². The van der Waals surface area contributed by atoms with Gasteiger partial charge in [-0.15, -0.1) is 0 Å². The van der Waals surface area contributed by atoms with E-state index in [1.54, 1.807) is 0 Å². The fraction of sp³-hybridized carbons (Fsp3) is 0. The first-order valence-electron chi connectivity index (χ1n) is 8.64. The minimum absolute atomic E-state index is 1.25. The Morgan fingerprint density at radius 1 is 0.400 bits per heavy atom. The summed E-state index contributed by atoms with van der Waals surface area (Å²) in [6.45, 7) is 0. The predicted molar refractivity (Wildman–Crippen MR) is 111 cm³/mol. The Labute approximate surface area is 150 Å². The van der Waals surface area contributed by atoms with Crippen molar-refractivity contribution >= 4 is 13.3 Å². The van der Waals surface area contributed by atoms with E-state index in [2.05, 4.69) is 111 Å². The van der Waals surface area contributed by atoms with E-state index in [4.69, 9.17) is 0 Å². The van der Waals surface area contributed by atoms with Crippen molar-refractivity contribution in [1.29, 1.82) is 0 Å². The molecule has 0 saturated heterocycles. The highest BCUT2D eigenvalue weighted by Crippen LogP contribution is 2.34. The molecule has 4 aromatic rings. The van der Waals surface area contributed by atoms with Gasteiger partial charge in [-0.25, -0.2) is 0 Å². The maximum atomic E-state index is 2.34. The smallest absolute Gasteiger partial charge is 0.0806 e. The van der Waals surface area contributed by atoms with Crippen molar-refractivity contribution in [3.8, 4) is 33.4 Å². The molecule has 0 unspecified atom stereocenters. The number of hydrogen-bond donors (Lipinski definition) is 0. The summed E-state index contributed by atoms with van der Waals surface area (Å²) in [4.78, 5) is 0. The molecule has 0 aromatic heterocycles. The fourth-order valence-corrected chi connectivity index (χ4v) is 3.35. The Balaban J connectivity index is 1.98. The van der Waals surface area contributed by atoms with Gasteiger partial charge in [0.15, 0.2) is 0 Å². The quantitative estimate of drug-likeness (QED) is 0.469. The van der Waals surface area contributed by atoms with Gasteiger partial charge in [-0.2, -0.15) is 0 Å². The summed E-state index contributed by atoms with van der Waals surface area (Å²) in [5, 5.41) is 0. The zero-order valence-corrected chi connectivity index (χ0v) is 14.3. The van der Waals surface area contributed by atoms with E-state index < -0.39 is 0 Å². The third-order valence-corrected chi connectivity index (χ3v) is 4.62. The van der Waals surface area contributed by atoms with Crippen LogP contribution in [0.2, 0.25) is 0 Å². The van der Waals surface area contributed by atoms with Crippen LogP contribution in [0.15, 0.2) is 103 Å². The van der Waals surface area contributed by atoms with Gasteiger partial charge in [0, 0.05) is 0 Å². The van der Waals surface area contributed by atoms with Crippen molar-refractivity contribution < 1.29 is 0 Å². The van der Waals surface area contributed by atoms with E-state index in [0.29, 0.717) is 0 Å². The SMILES string of the molecule is Bc1cc(-c2ccccc2)c(-c2ccccc2)cc1-c1ccccc1. The zero-order valence-electron chi connectivity index (χ0n) is 14.3. The van der Waals surface area contributed by atoms with Gasteiger partial charge in [0.2, 0.25) is 0 Å². The minimum Gasteiger partial charge on any atom is -0.0806 e. The Kier molecular flexibility index (Phi) is 4.22. The normalized spacial score (nSPS) is 10.6. The Morgan fingerprint density at radius 3 is 1.20 bits per heavy atom. The Hall–Kier alpha value is -3.06. The summed E-state index contributed by atoms with van der Waals surface area (Å²) in [7, 11) is 2.20. The summed E-state index contributed by atoms with van der Waals surface area (Å²) in [5.74, 6) is 0. The molecule has 0 spiro atoms. The third kappa shape index (κ3) is 3.14. The molecule has 0 radical (unpaired) electrons. The van der Waals surface area contributed by atoms with Crippen molar-refractivity contribution in [3.63, 3.8) is 0 Å². The molecule has 0 N–H and O–H groups in total. The lowest BCUT2D eigenvalue weighted by Gasteiger charge is -2.16. The summed E-state index contributed by atoms with van der Waals surface area (Å²) in [6, 6.07) is 36.6. The van der Waals surface area contributed by atoms with Crippen LogP contribution in [0.3, 0.4) is 0 Å². The molecule has 0 nitrogen and oxygen atoms in total. The van der Waals surface area contributed by atoms with Crippen molar-refractivity contribution in [2.75, 3.05) is 0 Å². The highest BCUT2D eigenvalue weighted by molar-refractivity contribution is 6.36. The van der Waals surface area contributed by atoms with Crippen LogP contribution in [-0.2, 0) is 0 Å². The average molecular weight is 318 g/mol. The molecule has 0 aliphatic carbocycles. The van der Waals surface area contributed by atoms with Crippen molar-refractivity contribution in [3.05, 3.63) is 103 Å². The molecule has 0 amide bonds. The van der Waals surface area contributed by atoms with Gasteiger partial charge < -0.3 is 0 Å². The van der Waals surface area contributed by atoms with Gasteiger partial charge in [0.05, 0.1) is 0 Å². The van der Waals surface area contributed by atoms with Gasteiger partial charge in [-0.1, -0.05) is 103 Å². The summed E-state index contributed by atoms with van der Waals surface area (Å²) < 4.78 is 0. The van der Waals surface area contributed by atoms with E-state index in [1.165, 1.54) is 38.8 Å². The molecule has 0 aliphatic rings. The van der Waals surface area contributed by atoms with Gasteiger partial charge in [0.1, 0.15) is 7.85 Å². The number of benzene rings is 4. The van der Waals surface area contributed by atoms with Crippen LogP contribution in [0, 0.1) is 0 Å². The molecule has 0 atom stereocenters. The highest BCUT2D eigenvalue weighted by Gasteiger charge is 2.12. The van der Waals surface area contributed by atoms with Gasteiger partial charge in [0.25, 0.3) is 0 Å². The van der Waals surface area contributed by atoms with E-state index in [-0.39, 0.29) is 0 Å². The molecule has 0 heterocycles. The highest BCUT2D eigenvalue weighted by atomic mass is 14.1. The zero-order chi connectivity index (χ0) is 17.1. The maximum Gasteiger partial charge on any atom is 0.140 e.